The van der Waals surface area contributed by atoms with Crippen LogP contribution in [0.3, 0.4) is 0 Å². The van der Waals surface area contributed by atoms with Gasteiger partial charge in [0, 0.05) is 0 Å². The van der Waals surface area contributed by atoms with Crippen molar-refractivity contribution in [1.82, 2.24) is 0 Å². The van der Waals surface area contributed by atoms with E-state index in [1.165, 1.54) is 18.1 Å². The molecule has 0 aromatic carbocycles. The molecule has 4 heteroatoms. The summed E-state index contributed by atoms with van der Waals surface area (Å²) in [6, 6.07) is 2.02. The van der Waals surface area contributed by atoms with Crippen LogP contribution in [0.1, 0.15) is 65.4 Å². The van der Waals surface area contributed by atoms with Crippen molar-refractivity contribution in [2.45, 2.75) is 78.4 Å². The molecule has 3 atom stereocenters. The first-order valence-corrected chi connectivity index (χ1v) is 10.2. The average Bonchev–Trinajstić information content (AvgIpc) is 3.14. The fourth-order valence-electron chi connectivity index (χ4n) is 2.98. The minimum absolute atomic E-state index is 0.325. The SMILES string of the molecule is CC(=O)[C@H](O)[C@@H](O)CC(C)=CCC[C@H](C)C=CC=C(C)CCCc1ccoc1. The molecule has 1 aromatic rings. The number of aryl methyl sites for hydroxylation is 1. The third-order valence-electron chi connectivity index (χ3n) is 4.86. The van der Waals surface area contributed by atoms with Crippen LogP contribution in [0.4, 0.5) is 0 Å². The summed E-state index contributed by atoms with van der Waals surface area (Å²) >= 11 is 0. The van der Waals surface area contributed by atoms with E-state index in [9.17, 15) is 15.0 Å². The molecular weight excluding hydrogens is 352 g/mol. The van der Waals surface area contributed by atoms with E-state index >= 15 is 0 Å². The Labute approximate surface area is 169 Å². The summed E-state index contributed by atoms with van der Waals surface area (Å²) in [6.45, 7) is 7.57. The van der Waals surface area contributed by atoms with Crippen LogP contribution in [0.25, 0.3) is 0 Å². The summed E-state index contributed by atoms with van der Waals surface area (Å²) in [4.78, 5) is 11.1. The van der Waals surface area contributed by atoms with Crippen molar-refractivity contribution >= 4 is 5.78 Å². The molecule has 4 nitrogen and oxygen atoms in total. The second kappa shape index (κ2) is 13.3. The zero-order chi connectivity index (χ0) is 20.9. The molecule has 0 saturated heterocycles. The van der Waals surface area contributed by atoms with E-state index in [4.69, 9.17) is 4.42 Å². The molecule has 0 unspecified atom stereocenters. The van der Waals surface area contributed by atoms with Crippen LogP contribution in [0.15, 0.2) is 58.5 Å². The molecule has 0 aliphatic carbocycles. The maximum atomic E-state index is 11.1. The molecule has 0 spiro atoms. The van der Waals surface area contributed by atoms with Crippen molar-refractivity contribution in [1.29, 1.82) is 0 Å². The molecule has 0 fully saturated rings. The number of furan rings is 1. The number of rotatable bonds is 13. The highest BCUT2D eigenvalue weighted by atomic mass is 16.3. The molecule has 156 valence electrons. The summed E-state index contributed by atoms with van der Waals surface area (Å²) in [5, 5.41) is 19.4. The Morgan fingerprint density at radius 3 is 2.61 bits per heavy atom. The van der Waals surface area contributed by atoms with Gasteiger partial charge in [0.2, 0.25) is 0 Å². The van der Waals surface area contributed by atoms with Gasteiger partial charge in [0.15, 0.2) is 5.78 Å². The Morgan fingerprint density at radius 1 is 1.21 bits per heavy atom. The van der Waals surface area contributed by atoms with Gasteiger partial charge in [-0.2, -0.15) is 0 Å². The number of aliphatic hydroxyl groups is 2. The second-order valence-corrected chi connectivity index (χ2v) is 7.82. The van der Waals surface area contributed by atoms with Gasteiger partial charge in [-0.3, -0.25) is 4.79 Å². The van der Waals surface area contributed by atoms with Crippen LogP contribution >= 0.6 is 0 Å². The van der Waals surface area contributed by atoms with E-state index < -0.39 is 18.0 Å². The zero-order valence-electron chi connectivity index (χ0n) is 17.7. The topological polar surface area (TPSA) is 70.7 Å². The number of allylic oxidation sites excluding steroid dienone is 5. The minimum atomic E-state index is -1.29. The van der Waals surface area contributed by atoms with E-state index in [-0.39, 0.29) is 0 Å². The standard InChI is InChI=1S/C24H36O4/c1-18(10-6-12-20(3)16-23(26)24(27)21(4)25)8-5-9-19(2)11-7-13-22-14-15-28-17-22/h5,8-9,12,14-15,17-18,23-24,26-27H,6-7,10-11,13,16H2,1-4H3/t18-,23+,24+/m1/s1. The number of Topliss-reactive ketones (excluding diaryl/α,β-unsaturated/α-hetero) is 1. The van der Waals surface area contributed by atoms with E-state index in [0.29, 0.717) is 12.3 Å². The smallest absolute Gasteiger partial charge is 0.160 e. The van der Waals surface area contributed by atoms with Crippen LogP contribution in [0, 0.1) is 5.92 Å². The van der Waals surface area contributed by atoms with Gasteiger partial charge < -0.3 is 14.6 Å². The molecule has 1 aromatic heterocycles. The van der Waals surface area contributed by atoms with Crippen molar-refractivity contribution in [2.75, 3.05) is 0 Å². The number of ketones is 1. The molecule has 0 saturated carbocycles. The molecule has 0 aliphatic heterocycles. The molecular formula is C24H36O4. The van der Waals surface area contributed by atoms with Crippen molar-refractivity contribution in [2.24, 2.45) is 5.92 Å². The normalized spacial score (nSPS) is 16.4. The quantitative estimate of drug-likeness (QED) is 0.361. The molecule has 0 bridgehead atoms. The molecule has 1 rings (SSSR count). The lowest BCUT2D eigenvalue weighted by Gasteiger charge is -2.15. The van der Waals surface area contributed by atoms with Gasteiger partial charge in [0.05, 0.1) is 18.6 Å². The van der Waals surface area contributed by atoms with E-state index in [2.05, 4.69) is 38.2 Å². The predicted octanol–water partition coefficient (Wildman–Crippen LogP) is 5.17. The first kappa shape index (κ1) is 24.1. The van der Waals surface area contributed by atoms with Gasteiger partial charge >= 0.3 is 0 Å². The lowest BCUT2D eigenvalue weighted by molar-refractivity contribution is -0.130. The Morgan fingerprint density at radius 2 is 1.96 bits per heavy atom. The van der Waals surface area contributed by atoms with Gasteiger partial charge in [-0.05, 0) is 76.8 Å². The van der Waals surface area contributed by atoms with Crippen molar-refractivity contribution in [3.8, 4) is 0 Å². The summed E-state index contributed by atoms with van der Waals surface area (Å²) in [7, 11) is 0. The number of carbonyl (C=O) groups is 1. The molecule has 0 aliphatic rings. The van der Waals surface area contributed by atoms with Gasteiger partial charge in [0.25, 0.3) is 0 Å². The van der Waals surface area contributed by atoms with Crippen LogP contribution in [0.2, 0.25) is 0 Å². The maximum Gasteiger partial charge on any atom is 0.160 e. The first-order chi connectivity index (χ1) is 13.3. The summed E-state index contributed by atoms with van der Waals surface area (Å²) in [5.41, 5.74) is 3.63. The van der Waals surface area contributed by atoms with Gasteiger partial charge in [-0.1, -0.05) is 42.4 Å². The Hall–Kier alpha value is -1.91. The van der Waals surface area contributed by atoms with Crippen LogP contribution in [0.5, 0.6) is 0 Å². The molecule has 1 heterocycles. The predicted molar refractivity (Wildman–Crippen MR) is 114 cm³/mol. The lowest BCUT2D eigenvalue weighted by atomic mass is 9.99. The summed E-state index contributed by atoms with van der Waals surface area (Å²) < 4.78 is 5.08. The highest BCUT2D eigenvalue weighted by Crippen LogP contribution is 2.14. The second-order valence-electron chi connectivity index (χ2n) is 7.82. The third-order valence-corrected chi connectivity index (χ3v) is 4.86. The summed E-state index contributed by atoms with van der Waals surface area (Å²) in [5.74, 6) is 0.0654. The number of hydrogen-bond donors (Lipinski definition) is 2. The Bertz CT molecular complexity index is 652. The third kappa shape index (κ3) is 10.4. The zero-order valence-corrected chi connectivity index (χ0v) is 17.7. The number of hydrogen-bond acceptors (Lipinski definition) is 4. The Kier molecular flexibility index (Phi) is 11.5. The lowest BCUT2D eigenvalue weighted by Crippen LogP contribution is -2.32. The van der Waals surface area contributed by atoms with Gasteiger partial charge in [0.1, 0.15) is 6.10 Å². The van der Waals surface area contributed by atoms with Gasteiger partial charge in [-0.15, -0.1) is 0 Å². The monoisotopic (exact) mass is 388 g/mol. The average molecular weight is 389 g/mol. The number of aliphatic hydroxyl groups excluding tert-OH is 2. The van der Waals surface area contributed by atoms with Crippen LogP contribution in [-0.2, 0) is 11.2 Å². The highest BCUT2D eigenvalue weighted by molar-refractivity contribution is 5.80. The van der Waals surface area contributed by atoms with E-state index in [1.54, 1.807) is 6.26 Å². The molecule has 28 heavy (non-hydrogen) atoms. The Balaban J connectivity index is 2.26. The van der Waals surface area contributed by atoms with Crippen LogP contribution < -0.4 is 0 Å². The maximum absolute atomic E-state index is 11.1. The summed E-state index contributed by atoms with van der Waals surface area (Å²) in [6.07, 6.45) is 15.4. The molecule has 2 N–H and O–H groups in total. The fourth-order valence-corrected chi connectivity index (χ4v) is 2.98. The highest BCUT2D eigenvalue weighted by Gasteiger charge is 2.20. The largest absolute Gasteiger partial charge is 0.472 e. The fraction of sp³-hybridized carbons (Fsp3) is 0.542. The van der Waals surface area contributed by atoms with Crippen molar-refractivity contribution in [3.05, 3.63) is 59.6 Å². The molecule has 0 radical (unpaired) electrons. The molecule has 0 amide bonds. The minimum Gasteiger partial charge on any atom is -0.472 e. The first-order valence-electron chi connectivity index (χ1n) is 10.2. The van der Waals surface area contributed by atoms with E-state index in [0.717, 1.165) is 37.7 Å². The van der Waals surface area contributed by atoms with Crippen LogP contribution in [-0.4, -0.2) is 28.2 Å². The van der Waals surface area contributed by atoms with Gasteiger partial charge in [-0.25, -0.2) is 0 Å². The van der Waals surface area contributed by atoms with Crippen molar-refractivity contribution in [3.63, 3.8) is 0 Å². The number of carbonyl (C=O) groups excluding carboxylic acids is 1. The van der Waals surface area contributed by atoms with Crippen molar-refractivity contribution < 1.29 is 19.4 Å². The van der Waals surface area contributed by atoms with E-state index in [1.807, 2.05) is 19.3 Å².